The summed E-state index contributed by atoms with van der Waals surface area (Å²) in [5.41, 5.74) is 1.17. The average molecular weight is 257 g/mol. The molecule has 3 heteroatoms. The van der Waals surface area contributed by atoms with Crippen molar-refractivity contribution in [2.75, 3.05) is 5.75 Å². The molecule has 0 radical (unpaired) electrons. The lowest BCUT2D eigenvalue weighted by Gasteiger charge is -2.03. The standard InChI is InChI=1S/C10H9BrOS/c11-8-1-2-10-7(5-8)6-9(12)3-4-13-10/h1-2,5H,3-4,6H2. The van der Waals surface area contributed by atoms with Gasteiger partial charge in [-0.3, -0.25) is 4.79 Å². The van der Waals surface area contributed by atoms with Crippen molar-refractivity contribution in [2.45, 2.75) is 17.7 Å². The first-order chi connectivity index (χ1) is 6.25. The summed E-state index contributed by atoms with van der Waals surface area (Å²) in [6.45, 7) is 0. The normalized spacial score (nSPS) is 16.5. The van der Waals surface area contributed by atoms with E-state index in [2.05, 4.69) is 22.0 Å². The molecule has 0 saturated carbocycles. The van der Waals surface area contributed by atoms with E-state index in [9.17, 15) is 4.79 Å². The second kappa shape index (κ2) is 3.84. The van der Waals surface area contributed by atoms with Crippen molar-refractivity contribution in [3.05, 3.63) is 28.2 Å². The van der Waals surface area contributed by atoms with Gasteiger partial charge in [-0.15, -0.1) is 11.8 Å². The number of carbonyl (C=O) groups excluding carboxylic acids is 1. The van der Waals surface area contributed by atoms with Crippen molar-refractivity contribution in [1.82, 2.24) is 0 Å². The van der Waals surface area contributed by atoms with Crippen LogP contribution in [0.1, 0.15) is 12.0 Å². The molecule has 1 aliphatic heterocycles. The molecule has 0 fully saturated rings. The van der Waals surface area contributed by atoms with Gasteiger partial charge < -0.3 is 0 Å². The summed E-state index contributed by atoms with van der Waals surface area (Å²) < 4.78 is 1.06. The molecular formula is C10H9BrOS. The third-order valence-corrected chi connectivity index (χ3v) is 3.66. The van der Waals surface area contributed by atoms with E-state index in [0.717, 1.165) is 10.2 Å². The van der Waals surface area contributed by atoms with Crippen LogP contribution in [-0.2, 0) is 11.2 Å². The lowest BCUT2D eigenvalue weighted by Crippen LogP contribution is -2.00. The molecule has 1 aliphatic rings. The van der Waals surface area contributed by atoms with Crippen LogP contribution in [0, 0.1) is 0 Å². The fourth-order valence-corrected chi connectivity index (χ4v) is 2.84. The van der Waals surface area contributed by atoms with Gasteiger partial charge in [0.1, 0.15) is 5.78 Å². The summed E-state index contributed by atoms with van der Waals surface area (Å²) >= 11 is 5.20. The molecule has 0 atom stereocenters. The minimum absolute atomic E-state index is 0.351. The Morgan fingerprint density at radius 2 is 2.23 bits per heavy atom. The zero-order chi connectivity index (χ0) is 9.26. The van der Waals surface area contributed by atoms with Crippen LogP contribution >= 0.6 is 27.7 Å². The molecule has 0 unspecified atom stereocenters. The highest BCUT2D eigenvalue weighted by molar-refractivity contribution is 9.10. The topological polar surface area (TPSA) is 17.1 Å². The van der Waals surface area contributed by atoms with Gasteiger partial charge in [0.25, 0.3) is 0 Å². The van der Waals surface area contributed by atoms with Gasteiger partial charge in [-0.1, -0.05) is 15.9 Å². The highest BCUT2D eigenvalue weighted by Gasteiger charge is 2.13. The first-order valence-corrected chi connectivity index (χ1v) is 5.96. The van der Waals surface area contributed by atoms with Gasteiger partial charge in [-0.05, 0) is 23.8 Å². The van der Waals surface area contributed by atoms with Crippen LogP contribution in [0.5, 0.6) is 0 Å². The number of Topliss-reactive ketones (excluding diaryl/α,β-unsaturated/α-hetero) is 1. The van der Waals surface area contributed by atoms with Crippen LogP contribution in [-0.4, -0.2) is 11.5 Å². The zero-order valence-corrected chi connectivity index (χ0v) is 9.45. The van der Waals surface area contributed by atoms with E-state index >= 15 is 0 Å². The maximum absolute atomic E-state index is 11.3. The molecule has 13 heavy (non-hydrogen) atoms. The lowest BCUT2D eigenvalue weighted by molar-refractivity contribution is -0.118. The lowest BCUT2D eigenvalue weighted by atomic mass is 10.1. The van der Waals surface area contributed by atoms with E-state index in [4.69, 9.17) is 0 Å². The fourth-order valence-electron chi connectivity index (χ4n) is 1.40. The molecule has 68 valence electrons. The van der Waals surface area contributed by atoms with Gasteiger partial charge in [0.15, 0.2) is 0 Å². The van der Waals surface area contributed by atoms with Crippen LogP contribution in [0.25, 0.3) is 0 Å². The van der Waals surface area contributed by atoms with Gasteiger partial charge in [0.05, 0.1) is 0 Å². The molecular weight excluding hydrogens is 248 g/mol. The molecule has 0 N–H and O–H groups in total. The first kappa shape index (κ1) is 9.28. The SMILES string of the molecule is O=C1CCSc2ccc(Br)cc2C1. The van der Waals surface area contributed by atoms with Gasteiger partial charge in [0, 0.05) is 28.0 Å². The van der Waals surface area contributed by atoms with Crippen molar-refractivity contribution in [1.29, 1.82) is 0 Å². The van der Waals surface area contributed by atoms with E-state index in [0.29, 0.717) is 18.6 Å². The Kier molecular flexibility index (Phi) is 2.74. The maximum Gasteiger partial charge on any atom is 0.138 e. The highest BCUT2D eigenvalue weighted by Crippen LogP contribution is 2.29. The number of thioether (sulfide) groups is 1. The molecule has 0 saturated heterocycles. The van der Waals surface area contributed by atoms with E-state index in [1.165, 1.54) is 10.5 Å². The average Bonchev–Trinajstić information content (AvgIpc) is 2.25. The Morgan fingerprint density at radius 1 is 1.38 bits per heavy atom. The van der Waals surface area contributed by atoms with Crippen molar-refractivity contribution >= 4 is 33.5 Å². The highest BCUT2D eigenvalue weighted by atomic mass is 79.9. The first-order valence-electron chi connectivity index (χ1n) is 4.18. The molecule has 0 spiro atoms. The molecule has 2 rings (SSSR count). The second-order valence-electron chi connectivity index (χ2n) is 3.07. The van der Waals surface area contributed by atoms with Crippen LogP contribution < -0.4 is 0 Å². The zero-order valence-electron chi connectivity index (χ0n) is 7.05. The number of hydrogen-bond acceptors (Lipinski definition) is 2. The van der Waals surface area contributed by atoms with Gasteiger partial charge in [-0.25, -0.2) is 0 Å². The molecule has 1 heterocycles. The fraction of sp³-hybridized carbons (Fsp3) is 0.300. The molecule has 0 aromatic heterocycles. The van der Waals surface area contributed by atoms with Crippen LogP contribution in [0.4, 0.5) is 0 Å². The smallest absolute Gasteiger partial charge is 0.138 e. The second-order valence-corrected chi connectivity index (χ2v) is 5.12. The molecule has 0 amide bonds. The summed E-state index contributed by atoms with van der Waals surface area (Å²) in [6.07, 6.45) is 1.30. The maximum atomic E-state index is 11.3. The Balaban J connectivity index is 2.40. The Labute approximate surface area is 90.0 Å². The number of benzene rings is 1. The van der Waals surface area contributed by atoms with E-state index < -0.39 is 0 Å². The quantitative estimate of drug-likeness (QED) is 0.710. The summed E-state index contributed by atoms with van der Waals surface area (Å²) in [4.78, 5) is 12.6. The van der Waals surface area contributed by atoms with Crippen molar-refractivity contribution in [3.63, 3.8) is 0 Å². The Bertz CT molecular complexity index is 349. The van der Waals surface area contributed by atoms with E-state index in [1.807, 2.05) is 12.1 Å². The number of rotatable bonds is 0. The van der Waals surface area contributed by atoms with Crippen molar-refractivity contribution < 1.29 is 4.79 Å². The number of fused-ring (bicyclic) bond motifs is 1. The Hall–Kier alpha value is -0.280. The third-order valence-electron chi connectivity index (χ3n) is 2.05. The molecule has 1 aromatic rings. The summed E-state index contributed by atoms with van der Waals surface area (Å²) in [7, 11) is 0. The predicted octanol–water partition coefficient (Wildman–Crippen LogP) is 3.06. The predicted molar refractivity (Wildman–Crippen MR) is 58.2 cm³/mol. The van der Waals surface area contributed by atoms with Gasteiger partial charge in [0.2, 0.25) is 0 Å². The summed E-state index contributed by atoms with van der Waals surface area (Å²) in [5, 5.41) is 0. The van der Waals surface area contributed by atoms with E-state index in [-0.39, 0.29) is 0 Å². The van der Waals surface area contributed by atoms with Gasteiger partial charge in [-0.2, -0.15) is 0 Å². The van der Waals surface area contributed by atoms with Crippen LogP contribution in [0.15, 0.2) is 27.6 Å². The van der Waals surface area contributed by atoms with Crippen molar-refractivity contribution in [2.24, 2.45) is 0 Å². The Morgan fingerprint density at radius 3 is 3.08 bits per heavy atom. The minimum atomic E-state index is 0.351. The number of halogens is 1. The largest absolute Gasteiger partial charge is 0.299 e. The summed E-state index contributed by atoms with van der Waals surface area (Å²) in [5.74, 6) is 1.28. The van der Waals surface area contributed by atoms with Crippen LogP contribution in [0.2, 0.25) is 0 Å². The summed E-state index contributed by atoms with van der Waals surface area (Å²) in [6, 6.07) is 6.16. The number of hydrogen-bond donors (Lipinski definition) is 0. The number of ketones is 1. The van der Waals surface area contributed by atoms with Gasteiger partial charge >= 0.3 is 0 Å². The van der Waals surface area contributed by atoms with Crippen LogP contribution in [0.3, 0.4) is 0 Å². The van der Waals surface area contributed by atoms with Crippen molar-refractivity contribution in [3.8, 4) is 0 Å². The molecule has 1 aromatic carbocycles. The molecule has 0 bridgehead atoms. The monoisotopic (exact) mass is 256 g/mol. The minimum Gasteiger partial charge on any atom is -0.299 e. The number of carbonyl (C=O) groups is 1. The molecule has 1 nitrogen and oxygen atoms in total. The van der Waals surface area contributed by atoms with E-state index in [1.54, 1.807) is 11.8 Å². The third kappa shape index (κ3) is 2.15. The molecule has 0 aliphatic carbocycles.